The lowest BCUT2D eigenvalue weighted by molar-refractivity contribution is -0.134. The number of amides is 1. The Kier molecular flexibility index (Phi) is 6.09. The number of likely N-dealkylation sites (tertiary alicyclic amines) is 1. The van der Waals surface area contributed by atoms with E-state index in [-0.39, 0.29) is 18.3 Å². The highest BCUT2D eigenvalue weighted by molar-refractivity contribution is 5.85. The fraction of sp³-hybridized carbons (Fsp3) is 0.588. The fourth-order valence-corrected chi connectivity index (χ4v) is 3.34. The number of rotatable bonds is 5. The number of halogens is 1. The quantitative estimate of drug-likeness (QED) is 0.902. The van der Waals surface area contributed by atoms with Crippen molar-refractivity contribution in [2.75, 3.05) is 32.8 Å². The van der Waals surface area contributed by atoms with Gasteiger partial charge < -0.3 is 15.0 Å². The molecule has 0 aliphatic carbocycles. The molecule has 2 aliphatic heterocycles. The lowest BCUT2D eigenvalue weighted by Crippen LogP contribution is -2.36. The Morgan fingerprint density at radius 2 is 1.91 bits per heavy atom. The molecule has 0 bridgehead atoms. The van der Waals surface area contributed by atoms with Crippen LogP contribution in [0, 0.1) is 17.8 Å². The largest absolute Gasteiger partial charge is 0.494 e. The summed E-state index contributed by atoms with van der Waals surface area (Å²) in [6.07, 6.45) is 0.776. The Labute approximate surface area is 138 Å². The highest BCUT2D eigenvalue weighted by Crippen LogP contribution is 2.27. The summed E-state index contributed by atoms with van der Waals surface area (Å²) in [6.45, 7) is 6.61. The SMILES string of the molecule is CC(CCOc1ccccc1)C(=O)N1C[C@H]2CNC[C@H]2C1.Cl. The van der Waals surface area contributed by atoms with Crippen LogP contribution in [0.15, 0.2) is 30.3 Å². The molecule has 0 aromatic heterocycles. The molecule has 1 aromatic rings. The van der Waals surface area contributed by atoms with Crippen LogP contribution in [0.3, 0.4) is 0 Å². The smallest absolute Gasteiger partial charge is 0.225 e. The molecular weight excluding hydrogens is 300 g/mol. The first-order valence-electron chi connectivity index (χ1n) is 7.91. The predicted octanol–water partition coefficient (Wildman–Crippen LogP) is 2.19. The van der Waals surface area contributed by atoms with E-state index in [4.69, 9.17) is 4.74 Å². The zero-order valence-corrected chi connectivity index (χ0v) is 13.8. The van der Waals surface area contributed by atoms with Crippen molar-refractivity contribution >= 4 is 18.3 Å². The molecule has 0 radical (unpaired) electrons. The maximum absolute atomic E-state index is 12.5. The first kappa shape index (κ1) is 17.1. The van der Waals surface area contributed by atoms with E-state index in [1.54, 1.807) is 0 Å². The third-order valence-electron chi connectivity index (χ3n) is 4.69. The van der Waals surface area contributed by atoms with E-state index in [1.165, 1.54) is 0 Å². The summed E-state index contributed by atoms with van der Waals surface area (Å²) < 4.78 is 5.68. The Hall–Kier alpha value is -1.26. The lowest BCUT2D eigenvalue weighted by atomic mass is 10.0. The van der Waals surface area contributed by atoms with Gasteiger partial charge >= 0.3 is 0 Å². The van der Waals surface area contributed by atoms with Crippen LogP contribution in [-0.4, -0.2) is 43.6 Å². The van der Waals surface area contributed by atoms with Crippen molar-refractivity contribution in [3.8, 4) is 5.75 Å². The minimum Gasteiger partial charge on any atom is -0.494 e. The van der Waals surface area contributed by atoms with Crippen LogP contribution in [0.25, 0.3) is 0 Å². The van der Waals surface area contributed by atoms with Gasteiger partial charge in [0.25, 0.3) is 0 Å². The summed E-state index contributed by atoms with van der Waals surface area (Å²) in [5.74, 6) is 2.55. The first-order chi connectivity index (χ1) is 10.2. The topological polar surface area (TPSA) is 41.6 Å². The van der Waals surface area contributed by atoms with E-state index in [0.29, 0.717) is 24.3 Å². The average Bonchev–Trinajstić information content (AvgIpc) is 3.08. The van der Waals surface area contributed by atoms with Crippen molar-refractivity contribution in [3.63, 3.8) is 0 Å². The molecule has 3 rings (SSSR count). The number of fused-ring (bicyclic) bond motifs is 1. The fourth-order valence-electron chi connectivity index (χ4n) is 3.34. The second-order valence-corrected chi connectivity index (χ2v) is 6.27. The van der Waals surface area contributed by atoms with E-state index < -0.39 is 0 Å². The second-order valence-electron chi connectivity index (χ2n) is 6.27. The average molecular weight is 325 g/mol. The van der Waals surface area contributed by atoms with Crippen molar-refractivity contribution in [3.05, 3.63) is 30.3 Å². The normalized spacial score (nSPS) is 24.5. The standard InChI is InChI=1S/C17H24N2O2.ClH/c1-13(7-8-21-16-5-3-2-4-6-16)17(20)19-11-14-9-18-10-15(14)12-19;/h2-6,13-15,18H,7-12H2,1H3;1H/t13?,14-,15+;. The monoisotopic (exact) mass is 324 g/mol. The summed E-state index contributed by atoms with van der Waals surface area (Å²) in [4.78, 5) is 14.5. The molecule has 4 nitrogen and oxygen atoms in total. The number of nitrogens with zero attached hydrogens (tertiary/aromatic N) is 1. The third kappa shape index (κ3) is 3.93. The Morgan fingerprint density at radius 3 is 2.55 bits per heavy atom. The Balaban J connectivity index is 0.00000176. The Bertz CT molecular complexity index is 471. The van der Waals surface area contributed by atoms with Gasteiger partial charge in [-0.25, -0.2) is 0 Å². The number of nitrogens with one attached hydrogen (secondary N) is 1. The molecule has 5 heteroatoms. The summed E-state index contributed by atoms with van der Waals surface area (Å²) >= 11 is 0. The van der Waals surface area contributed by atoms with Crippen LogP contribution in [0.4, 0.5) is 0 Å². The van der Waals surface area contributed by atoms with Gasteiger partial charge in [-0.05, 0) is 30.4 Å². The molecule has 1 aromatic carbocycles. The van der Waals surface area contributed by atoms with Gasteiger partial charge in [-0.2, -0.15) is 0 Å². The predicted molar refractivity (Wildman–Crippen MR) is 89.4 cm³/mol. The maximum atomic E-state index is 12.5. The van der Waals surface area contributed by atoms with Crippen LogP contribution in [-0.2, 0) is 4.79 Å². The third-order valence-corrected chi connectivity index (χ3v) is 4.69. The molecule has 2 heterocycles. The second kappa shape index (κ2) is 7.84. The van der Waals surface area contributed by atoms with Gasteiger partial charge in [-0.3, -0.25) is 4.79 Å². The summed E-state index contributed by atoms with van der Waals surface area (Å²) in [5, 5.41) is 3.41. The molecule has 22 heavy (non-hydrogen) atoms. The van der Waals surface area contributed by atoms with Crippen molar-refractivity contribution in [1.29, 1.82) is 0 Å². The molecule has 1 unspecified atom stereocenters. The van der Waals surface area contributed by atoms with E-state index in [0.717, 1.165) is 38.3 Å². The summed E-state index contributed by atoms with van der Waals surface area (Å²) in [5.41, 5.74) is 0. The molecule has 122 valence electrons. The van der Waals surface area contributed by atoms with Gasteiger partial charge in [-0.1, -0.05) is 25.1 Å². The highest BCUT2D eigenvalue weighted by atomic mass is 35.5. The number of ether oxygens (including phenoxy) is 1. The number of carbonyl (C=O) groups excluding carboxylic acids is 1. The molecule has 2 fully saturated rings. The minimum atomic E-state index is 0. The van der Waals surface area contributed by atoms with Gasteiger partial charge in [-0.15, -0.1) is 12.4 Å². The van der Waals surface area contributed by atoms with Gasteiger partial charge in [0.1, 0.15) is 5.75 Å². The van der Waals surface area contributed by atoms with E-state index >= 15 is 0 Å². The summed E-state index contributed by atoms with van der Waals surface area (Å²) in [6, 6.07) is 9.78. The van der Waals surface area contributed by atoms with Crippen molar-refractivity contribution < 1.29 is 9.53 Å². The molecule has 2 aliphatic rings. The molecule has 1 N–H and O–H groups in total. The van der Waals surface area contributed by atoms with Crippen LogP contribution in [0.5, 0.6) is 5.75 Å². The number of hydrogen-bond acceptors (Lipinski definition) is 3. The van der Waals surface area contributed by atoms with Gasteiger partial charge in [0.05, 0.1) is 6.61 Å². The van der Waals surface area contributed by atoms with Crippen molar-refractivity contribution in [1.82, 2.24) is 10.2 Å². The van der Waals surface area contributed by atoms with Crippen molar-refractivity contribution in [2.45, 2.75) is 13.3 Å². The van der Waals surface area contributed by atoms with Crippen LogP contribution >= 0.6 is 12.4 Å². The van der Waals surface area contributed by atoms with Gasteiger partial charge in [0.2, 0.25) is 5.91 Å². The van der Waals surface area contributed by atoms with Gasteiger partial charge in [0, 0.05) is 32.1 Å². The van der Waals surface area contributed by atoms with E-state index in [9.17, 15) is 4.79 Å². The molecule has 1 amide bonds. The molecule has 2 saturated heterocycles. The van der Waals surface area contributed by atoms with Crippen LogP contribution in [0.2, 0.25) is 0 Å². The van der Waals surface area contributed by atoms with Crippen LogP contribution < -0.4 is 10.1 Å². The maximum Gasteiger partial charge on any atom is 0.225 e. The molecule has 3 atom stereocenters. The van der Waals surface area contributed by atoms with E-state index in [2.05, 4.69) is 10.2 Å². The van der Waals surface area contributed by atoms with E-state index in [1.807, 2.05) is 37.3 Å². The molecular formula is C17H25ClN2O2. The highest BCUT2D eigenvalue weighted by Gasteiger charge is 2.38. The minimum absolute atomic E-state index is 0. The number of para-hydroxylation sites is 1. The lowest BCUT2D eigenvalue weighted by Gasteiger charge is -2.22. The molecule has 0 spiro atoms. The zero-order chi connectivity index (χ0) is 14.7. The zero-order valence-electron chi connectivity index (χ0n) is 13.0. The first-order valence-corrected chi connectivity index (χ1v) is 7.91. The Morgan fingerprint density at radius 1 is 1.27 bits per heavy atom. The molecule has 0 saturated carbocycles. The van der Waals surface area contributed by atoms with Gasteiger partial charge in [0.15, 0.2) is 0 Å². The number of benzene rings is 1. The van der Waals surface area contributed by atoms with Crippen molar-refractivity contribution in [2.24, 2.45) is 17.8 Å². The summed E-state index contributed by atoms with van der Waals surface area (Å²) in [7, 11) is 0. The van der Waals surface area contributed by atoms with Crippen LogP contribution in [0.1, 0.15) is 13.3 Å². The number of carbonyl (C=O) groups is 1. The number of hydrogen-bond donors (Lipinski definition) is 1.